The van der Waals surface area contributed by atoms with E-state index in [0.29, 0.717) is 11.4 Å². The number of carbonyl (C=O) groups excluding carboxylic acids is 1. The molecular weight excluding hydrogens is 280 g/mol. The number of carbonyl (C=O) groups is 2. The lowest BCUT2D eigenvalue weighted by Crippen LogP contribution is -2.55. The highest BCUT2D eigenvalue weighted by Gasteiger charge is 2.33. The summed E-state index contributed by atoms with van der Waals surface area (Å²) in [6.45, 7) is 4.98. The minimum absolute atomic E-state index is 0.274. The number of hydrogen-bond donors (Lipinski definition) is 3. The van der Waals surface area contributed by atoms with Crippen LogP contribution in [0.1, 0.15) is 38.8 Å². The van der Waals surface area contributed by atoms with Crippen molar-refractivity contribution in [1.29, 1.82) is 0 Å². The smallest absolute Gasteiger partial charge is 0.329 e. The van der Waals surface area contributed by atoms with Crippen LogP contribution in [-0.4, -0.2) is 22.6 Å². The maximum Gasteiger partial charge on any atom is 0.329 e. The minimum atomic E-state index is -1.28. The van der Waals surface area contributed by atoms with Crippen LogP contribution in [0, 0.1) is 0 Å². The molecule has 1 aromatic rings. The standard InChI is InChI=1S/C14H19ClN2O3/c1-4-14(3,12(18)19)17-13(20)16-9(2)10-6-5-7-11(15)8-10/h5-9H,4H2,1-3H3,(H,18,19)(H2,16,17,20). The Morgan fingerprint density at radius 2 is 2.10 bits per heavy atom. The number of urea groups is 1. The molecule has 0 saturated carbocycles. The van der Waals surface area contributed by atoms with Crippen LogP contribution < -0.4 is 10.6 Å². The van der Waals surface area contributed by atoms with Crippen molar-refractivity contribution in [1.82, 2.24) is 10.6 Å². The molecule has 0 heterocycles. The van der Waals surface area contributed by atoms with Crippen molar-refractivity contribution >= 4 is 23.6 Å². The average molecular weight is 299 g/mol. The highest BCUT2D eigenvalue weighted by atomic mass is 35.5. The first kappa shape index (κ1) is 16.3. The van der Waals surface area contributed by atoms with Gasteiger partial charge in [0.15, 0.2) is 0 Å². The summed E-state index contributed by atoms with van der Waals surface area (Å²) in [7, 11) is 0. The van der Waals surface area contributed by atoms with Crippen LogP contribution in [0.15, 0.2) is 24.3 Å². The molecular formula is C14H19ClN2O3. The van der Waals surface area contributed by atoms with Gasteiger partial charge in [0.1, 0.15) is 5.54 Å². The molecule has 2 amide bonds. The van der Waals surface area contributed by atoms with Crippen LogP contribution in [0.25, 0.3) is 0 Å². The van der Waals surface area contributed by atoms with Gasteiger partial charge >= 0.3 is 12.0 Å². The molecule has 0 spiro atoms. The molecule has 0 fully saturated rings. The number of amides is 2. The zero-order valence-electron chi connectivity index (χ0n) is 11.7. The van der Waals surface area contributed by atoms with E-state index in [0.717, 1.165) is 5.56 Å². The molecule has 0 radical (unpaired) electrons. The maximum absolute atomic E-state index is 11.9. The topological polar surface area (TPSA) is 78.4 Å². The van der Waals surface area contributed by atoms with Crippen LogP contribution in [0.3, 0.4) is 0 Å². The van der Waals surface area contributed by atoms with E-state index in [1.54, 1.807) is 32.0 Å². The monoisotopic (exact) mass is 298 g/mol. The van der Waals surface area contributed by atoms with Crippen molar-refractivity contribution in [3.05, 3.63) is 34.9 Å². The summed E-state index contributed by atoms with van der Waals surface area (Å²) >= 11 is 5.89. The van der Waals surface area contributed by atoms with Gasteiger partial charge in [0.05, 0.1) is 6.04 Å². The number of carboxylic acid groups (broad SMARTS) is 1. The Morgan fingerprint density at radius 3 is 2.60 bits per heavy atom. The first-order chi connectivity index (χ1) is 9.28. The van der Waals surface area contributed by atoms with E-state index >= 15 is 0 Å². The molecule has 5 nitrogen and oxygen atoms in total. The van der Waals surface area contributed by atoms with Crippen LogP contribution in [-0.2, 0) is 4.79 Å². The van der Waals surface area contributed by atoms with Gasteiger partial charge in [-0.25, -0.2) is 9.59 Å². The van der Waals surface area contributed by atoms with Gasteiger partial charge in [-0.3, -0.25) is 0 Å². The van der Waals surface area contributed by atoms with Crippen molar-refractivity contribution < 1.29 is 14.7 Å². The third-order valence-electron chi connectivity index (χ3n) is 3.26. The van der Waals surface area contributed by atoms with Gasteiger partial charge in [0, 0.05) is 5.02 Å². The van der Waals surface area contributed by atoms with Crippen molar-refractivity contribution in [2.24, 2.45) is 0 Å². The molecule has 0 aliphatic heterocycles. The summed E-state index contributed by atoms with van der Waals surface area (Å²) in [6.07, 6.45) is 0.293. The summed E-state index contributed by atoms with van der Waals surface area (Å²) in [5, 5.41) is 14.9. The maximum atomic E-state index is 11.9. The third-order valence-corrected chi connectivity index (χ3v) is 3.50. The van der Waals surface area contributed by atoms with Gasteiger partial charge < -0.3 is 15.7 Å². The molecule has 20 heavy (non-hydrogen) atoms. The van der Waals surface area contributed by atoms with E-state index < -0.39 is 17.5 Å². The lowest BCUT2D eigenvalue weighted by molar-refractivity contribution is -0.143. The third kappa shape index (κ3) is 4.13. The summed E-state index contributed by atoms with van der Waals surface area (Å²) in [5.74, 6) is -1.06. The number of benzene rings is 1. The fraction of sp³-hybridized carbons (Fsp3) is 0.429. The molecule has 0 aromatic heterocycles. The van der Waals surface area contributed by atoms with E-state index in [1.807, 2.05) is 6.07 Å². The number of halogens is 1. The Kier molecular flexibility index (Phi) is 5.39. The van der Waals surface area contributed by atoms with E-state index in [2.05, 4.69) is 10.6 Å². The molecule has 3 N–H and O–H groups in total. The Balaban J connectivity index is 2.69. The fourth-order valence-electron chi connectivity index (χ4n) is 1.64. The highest BCUT2D eigenvalue weighted by Crippen LogP contribution is 2.17. The SMILES string of the molecule is CCC(C)(NC(=O)NC(C)c1cccc(Cl)c1)C(=O)O. The van der Waals surface area contributed by atoms with Crippen LogP contribution in [0.4, 0.5) is 4.79 Å². The molecule has 0 bridgehead atoms. The van der Waals surface area contributed by atoms with E-state index in [9.17, 15) is 9.59 Å². The molecule has 6 heteroatoms. The van der Waals surface area contributed by atoms with Gasteiger partial charge in [-0.15, -0.1) is 0 Å². The number of nitrogens with one attached hydrogen (secondary N) is 2. The van der Waals surface area contributed by atoms with Gasteiger partial charge in [-0.1, -0.05) is 30.7 Å². The Hall–Kier alpha value is -1.75. The molecule has 110 valence electrons. The fourth-order valence-corrected chi connectivity index (χ4v) is 1.83. The van der Waals surface area contributed by atoms with Crippen LogP contribution >= 0.6 is 11.6 Å². The summed E-state index contributed by atoms with van der Waals surface area (Å²) in [5.41, 5.74) is -0.431. The van der Waals surface area contributed by atoms with Crippen LogP contribution in [0.5, 0.6) is 0 Å². The Bertz CT molecular complexity index is 507. The van der Waals surface area contributed by atoms with Crippen molar-refractivity contribution in [3.8, 4) is 0 Å². The van der Waals surface area contributed by atoms with Crippen molar-refractivity contribution in [2.45, 2.75) is 38.8 Å². The van der Waals surface area contributed by atoms with E-state index in [1.165, 1.54) is 6.92 Å². The first-order valence-corrected chi connectivity index (χ1v) is 6.74. The predicted molar refractivity (Wildman–Crippen MR) is 77.9 cm³/mol. The largest absolute Gasteiger partial charge is 0.480 e. The zero-order valence-corrected chi connectivity index (χ0v) is 12.5. The molecule has 1 aromatic carbocycles. The second-order valence-electron chi connectivity index (χ2n) is 4.87. The normalized spacial score (nSPS) is 15.0. The van der Waals surface area contributed by atoms with Gasteiger partial charge in [-0.05, 0) is 38.0 Å². The Labute approximate surface area is 123 Å². The molecule has 0 saturated heterocycles. The summed E-state index contributed by atoms with van der Waals surface area (Å²) in [4.78, 5) is 23.0. The molecule has 2 unspecified atom stereocenters. The van der Waals surface area contributed by atoms with Gasteiger partial charge in [0.25, 0.3) is 0 Å². The lowest BCUT2D eigenvalue weighted by Gasteiger charge is -2.26. The predicted octanol–water partition coefficient (Wildman–Crippen LogP) is 2.95. The zero-order chi connectivity index (χ0) is 15.3. The summed E-state index contributed by atoms with van der Waals surface area (Å²) < 4.78 is 0. The van der Waals surface area contributed by atoms with E-state index in [-0.39, 0.29) is 6.04 Å². The lowest BCUT2D eigenvalue weighted by atomic mass is 10.00. The molecule has 0 aliphatic rings. The van der Waals surface area contributed by atoms with Crippen molar-refractivity contribution in [3.63, 3.8) is 0 Å². The van der Waals surface area contributed by atoms with Gasteiger partial charge in [0.2, 0.25) is 0 Å². The Morgan fingerprint density at radius 1 is 1.45 bits per heavy atom. The minimum Gasteiger partial charge on any atom is -0.480 e. The van der Waals surface area contributed by atoms with Crippen molar-refractivity contribution in [2.75, 3.05) is 0 Å². The molecule has 0 aliphatic carbocycles. The number of hydrogen-bond acceptors (Lipinski definition) is 2. The van der Waals surface area contributed by atoms with Gasteiger partial charge in [-0.2, -0.15) is 0 Å². The summed E-state index contributed by atoms with van der Waals surface area (Å²) in [6, 6.07) is 6.33. The van der Waals surface area contributed by atoms with E-state index in [4.69, 9.17) is 16.7 Å². The average Bonchev–Trinajstić information content (AvgIpc) is 2.38. The van der Waals surface area contributed by atoms with Crippen LogP contribution in [0.2, 0.25) is 5.02 Å². The second-order valence-corrected chi connectivity index (χ2v) is 5.30. The first-order valence-electron chi connectivity index (χ1n) is 6.36. The quantitative estimate of drug-likeness (QED) is 0.782. The number of carboxylic acids is 1. The number of rotatable bonds is 5. The molecule has 2 atom stereocenters. The highest BCUT2D eigenvalue weighted by molar-refractivity contribution is 6.30. The molecule has 1 rings (SSSR count). The second kappa shape index (κ2) is 6.61. The number of aliphatic carboxylic acids is 1.